The fraction of sp³-hybridized carbons (Fsp3) is 0.203. The van der Waals surface area contributed by atoms with Gasteiger partial charge in [0.25, 0.3) is 22.5 Å². The minimum absolute atomic E-state index is 0.0795. The highest BCUT2D eigenvalue weighted by atomic mass is 35.5. The van der Waals surface area contributed by atoms with Crippen molar-refractivity contribution in [1.82, 2.24) is 38.3 Å². The Morgan fingerprint density at radius 3 is 1.68 bits per heavy atom. The van der Waals surface area contributed by atoms with Gasteiger partial charge in [0, 0.05) is 68.5 Å². The van der Waals surface area contributed by atoms with E-state index in [1.165, 1.54) is 88.1 Å². The summed E-state index contributed by atoms with van der Waals surface area (Å²) in [4.78, 5) is 93.1. The Morgan fingerprint density at radius 1 is 0.611 bits per heavy atom. The summed E-state index contributed by atoms with van der Waals surface area (Å²) in [5.41, 5.74) is 6.86. The highest BCUT2D eigenvalue weighted by Crippen LogP contribution is 2.41. The third-order valence-corrected chi connectivity index (χ3v) is 14.1. The van der Waals surface area contributed by atoms with Crippen molar-refractivity contribution in [1.29, 1.82) is 0 Å². The molecule has 6 aromatic carbocycles. The van der Waals surface area contributed by atoms with Gasteiger partial charge in [-0.2, -0.15) is 38.3 Å². The Hall–Kier alpha value is -10.0. The van der Waals surface area contributed by atoms with Gasteiger partial charge < -0.3 is 30.6 Å². The second kappa shape index (κ2) is 27.2. The quantitative estimate of drug-likeness (QED) is 0.0356. The molecular weight excluding hydrogens is 1270 g/mol. The van der Waals surface area contributed by atoms with Crippen LogP contribution in [-0.4, -0.2) is 94.4 Å². The Morgan fingerprint density at radius 2 is 1.12 bits per heavy atom. The Kier molecular flexibility index (Phi) is 19.9. The number of nitro groups is 2. The summed E-state index contributed by atoms with van der Waals surface area (Å²) in [6, 6.07) is 31.7. The SMILES string of the molecule is CC(C)(C)OC(=O)N(c1nc(-c2cccc(NC(=O)c3ccccc3[N+](=O)[O-])c2)ns1)c1ccc2c(cnn2C(=O)OC(C)(C)C)c1Cl.CC(C)(C)OC(=O)n1ncc2c(Cl)c(Nc3nc(-c4cccc(N)c4)ns3)ccc21.O=C(Cl)c1ccccc1[N+](=O)[O-]. The predicted octanol–water partition coefficient (Wildman–Crippen LogP) is 15.5. The van der Waals surface area contributed by atoms with E-state index in [1.54, 1.807) is 105 Å². The van der Waals surface area contributed by atoms with Gasteiger partial charge >= 0.3 is 18.3 Å². The summed E-state index contributed by atoms with van der Waals surface area (Å²) < 4.78 is 27.6. The summed E-state index contributed by atoms with van der Waals surface area (Å²) in [6.45, 7) is 15.8. The molecule has 0 saturated heterocycles. The second-order valence-corrected chi connectivity index (χ2v) is 24.6. The standard InChI is InChI=1S/C32H30ClN7O7S.C20H19ClN6O2S.C7H4ClNO3/c1-31(2,3)46-29(42)38(24-15-14-22-21(25(24)33)17-34-39(22)30(43)47-32(4,5)6)28-36-26(37-48-28)18-10-9-11-19(16-18)35-27(41)20-12-7-8-13-23(20)40(44)45;1-20(2,3)29-19(28)27-15-8-7-14(16(21)13(15)10-23-27)24-18-25-17(26-30-18)11-5-4-6-12(22)9-11;8-7(10)5-3-1-2-4-6(5)9(11)12/h7-17H,1-6H3,(H,35,41);4-10H,22H2,1-3H3,(H,24,25,26);1-4H. The van der Waals surface area contributed by atoms with Crippen LogP contribution in [0.1, 0.15) is 83.0 Å². The number of halogens is 3. The summed E-state index contributed by atoms with van der Waals surface area (Å²) in [5, 5.41) is 37.3. The van der Waals surface area contributed by atoms with Crippen LogP contribution in [0, 0.1) is 20.2 Å². The minimum atomic E-state index is -0.874. The van der Waals surface area contributed by atoms with Crippen molar-refractivity contribution in [2.45, 2.75) is 79.1 Å². The van der Waals surface area contributed by atoms with Crippen LogP contribution in [0.15, 0.2) is 134 Å². The maximum Gasteiger partial charge on any atom is 0.435 e. The third kappa shape index (κ3) is 16.2. The van der Waals surface area contributed by atoms with Crippen LogP contribution in [0.2, 0.25) is 10.0 Å². The molecule has 0 aliphatic rings. The van der Waals surface area contributed by atoms with Crippen LogP contribution in [0.3, 0.4) is 0 Å². The fourth-order valence-electron chi connectivity index (χ4n) is 8.05. The molecule has 4 heterocycles. The Labute approximate surface area is 535 Å². The molecule has 464 valence electrons. The number of nitro benzene ring substituents is 2. The lowest BCUT2D eigenvalue weighted by molar-refractivity contribution is -0.385. The Balaban J connectivity index is 0.000000209. The van der Waals surface area contributed by atoms with E-state index in [-0.39, 0.29) is 44.2 Å². The smallest absolute Gasteiger partial charge is 0.435 e. The molecule has 0 atom stereocenters. The molecule has 26 nitrogen and oxygen atoms in total. The van der Waals surface area contributed by atoms with Crippen LogP contribution < -0.4 is 21.3 Å². The number of hydrogen-bond donors (Lipinski definition) is 3. The number of ether oxygens (including phenoxy) is 3. The molecule has 0 saturated carbocycles. The number of benzene rings is 6. The van der Waals surface area contributed by atoms with E-state index in [0.29, 0.717) is 60.4 Å². The van der Waals surface area contributed by atoms with Crippen molar-refractivity contribution in [3.05, 3.63) is 175 Å². The van der Waals surface area contributed by atoms with Gasteiger partial charge in [-0.25, -0.2) is 19.3 Å². The number of rotatable bonds is 11. The van der Waals surface area contributed by atoms with E-state index in [9.17, 15) is 44.2 Å². The van der Waals surface area contributed by atoms with Gasteiger partial charge in [0.2, 0.25) is 10.3 Å². The molecule has 90 heavy (non-hydrogen) atoms. The first kappa shape index (κ1) is 66.0. The molecule has 0 unspecified atom stereocenters. The lowest BCUT2D eigenvalue weighted by Gasteiger charge is -2.26. The van der Waals surface area contributed by atoms with Gasteiger partial charge in [0.15, 0.2) is 11.6 Å². The van der Waals surface area contributed by atoms with Gasteiger partial charge in [-0.1, -0.05) is 71.7 Å². The number of nitrogens with zero attached hydrogens (tertiary/aromatic N) is 11. The number of nitrogen functional groups attached to an aromatic ring is 1. The summed E-state index contributed by atoms with van der Waals surface area (Å²) >= 11 is 20.6. The molecule has 0 radical (unpaired) electrons. The topological polar surface area (TPSA) is 340 Å². The van der Waals surface area contributed by atoms with Crippen molar-refractivity contribution in [2.75, 3.05) is 21.3 Å². The normalized spacial score (nSPS) is 11.3. The highest BCUT2D eigenvalue weighted by molar-refractivity contribution is 7.10. The van der Waals surface area contributed by atoms with Crippen molar-refractivity contribution in [2.24, 2.45) is 0 Å². The number of hydrogen-bond acceptors (Lipinski definition) is 22. The van der Waals surface area contributed by atoms with Crippen LogP contribution in [0.5, 0.6) is 0 Å². The number of carbonyl (C=O) groups is 5. The summed E-state index contributed by atoms with van der Waals surface area (Å²) in [6.07, 6.45) is 0.889. The minimum Gasteiger partial charge on any atom is -0.443 e. The van der Waals surface area contributed by atoms with Crippen LogP contribution >= 0.6 is 57.9 Å². The third-order valence-electron chi connectivity index (χ3n) is 11.8. The van der Waals surface area contributed by atoms with E-state index in [4.69, 9.17) is 54.7 Å². The van der Waals surface area contributed by atoms with Crippen molar-refractivity contribution < 1.29 is 48.0 Å². The first-order valence-electron chi connectivity index (χ1n) is 26.6. The predicted molar refractivity (Wildman–Crippen MR) is 344 cm³/mol. The van der Waals surface area contributed by atoms with E-state index in [2.05, 4.69) is 39.5 Å². The number of fused-ring (bicyclic) bond motifs is 2. The van der Waals surface area contributed by atoms with E-state index < -0.39 is 56.1 Å². The molecule has 0 aliphatic carbocycles. The monoisotopic (exact) mass is 1320 g/mol. The van der Waals surface area contributed by atoms with Crippen molar-refractivity contribution >= 4 is 153 Å². The molecule has 0 aliphatic heterocycles. The zero-order valence-electron chi connectivity index (χ0n) is 49.0. The maximum absolute atomic E-state index is 13.6. The number of nitrogens with two attached hydrogens (primary N) is 1. The Bertz CT molecular complexity index is 4380. The van der Waals surface area contributed by atoms with Gasteiger partial charge in [0.1, 0.15) is 27.9 Å². The summed E-state index contributed by atoms with van der Waals surface area (Å²) in [5.74, 6) is 0.132. The van der Waals surface area contributed by atoms with Gasteiger partial charge in [-0.15, -0.1) is 0 Å². The zero-order chi connectivity index (χ0) is 65.6. The molecule has 0 spiro atoms. The van der Waals surface area contributed by atoms with E-state index >= 15 is 0 Å². The van der Waals surface area contributed by atoms with Crippen LogP contribution in [0.25, 0.3) is 44.6 Å². The number of nitrogens with one attached hydrogen (secondary N) is 2. The molecule has 4 aromatic heterocycles. The molecule has 10 aromatic rings. The van der Waals surface area contributed by atoms with Crippen molar-refractivity contribution in [3.8, 4) is 22.8 Å². The lowest BCUT2D eigenvalue weighted by atomic mass is 10.1. The van der Waals surface area contributed by atoms with Crippen molar-refractivity contribution in [3.63, 3.8) is 0 Å². The molecule has 2 amide bonds. The number of amides is 2. The first-order valence-corrected chi connectivity index (χ1v) is 29.3. The molecule has 4 N–H and O–H groups in total. The van der Waals surface area contributed by atoms with Gasteiger partial charge in [-0.3, -0.25) is 29.8 Å². The molecular formula is C59H53Cl3N14O12S2. The number of aromatic nitrogens is 8. The van der Waals surface area contributed by atoms with Gasteiger partial charge in [0.05, 0.1) is 54.7 Å². The average molecular weight is 1320 g/mol. The molecule has 31 heteroatoms. The van der Waals surface area contributed by atoms with E-state index in [1.807, 2.05) is 24.3 Å². The summed E-state index contributed by atoms with van der Waals surface area (Å²) in [7, 11) is 0. The first-order chi connectivity index (χ1) is 42.4. The maximum atomic E-state index is 13.6. The highest BCUT2D eigenvalue weighted by Gasteiger charge is 2.32. The van der Waals surface area contributed by atoms with E-state index in [0.717, 1.165) is 21.8 Å². The second-order valence-electron chi connectivity index (χ2n) is 22.0. The van der Waals surface area contributed by atoms with Crippen LogP contribution in [-0.2, 0) is 14.2 Å². The number of para-hydroxylation sites is 2. The molecule has 0 fully saturated rings. The largest absolute Gasteiger partial charge is 0.443 e. The molecule has 0 bridgehead atoms. The van der Waals surface area contributed by atoms with Gasteiger partial charge in [-0.05, 0) is 135 Å². The lowest BCUT2D eigenvalue weighted by Crippen LogP contribution is -2.34. The number of anilines is 6. The fourth-order valence-corrected chi connectivity index (χ4v) is 10.1. The number of carbonyl (C=O) groups excluding carboxylic acids is 5. The average Bonchev–Trinajstić information content (AvgIpc) is 1.59. The zero-order valence-corrected chi connectivity index (χ0v) is 52.9. The molecule has 10 rings (SSSR count). The van der Waals surface area contributed by atoms with Crippen LogP contribution in [0.4, 0.5) is 58.8 Å².